The standard InChI is InChI=1S/C23H18N4O3S/c1-31-19-9-5-4-6-15(19)14-10-11-20-24-23(26-27(20)13-14)25-21(28)12-18-16-7-2-3-8-17(16)22(29)30-18/h2-11,13,18H,12H2,1H3,(H,25,26,28)/t18-/m1/s1. The van der Waals surface area contributed by atoms with Crippen LogP contribution in [0.1, 0.15) is 28.4 Å². The van der Waals surface area contributed by atoms with Crippen LogP contribution in [0.15, 0.2) is 71.8 Å². The summed E-state index contributed by atoms with van der Waals surface area (Å²) in [4.78, 5) is 30.0. The lowest BCUT2D eigenvalue weighted by molar-refractivity contribution is -0.118. The van der Waals surface area contributed by atoms with Gasteiger partial charge in [0.15, 0.2) is 5.65 Å². The molecule has 2 aromatic heterocycles. The lowest BCUT2D eigenvalue weighted by atomic mass is 10.0. The van der Waals surface area contributed by atoms with Crippen LogP contribution in [0, 0.1) is 0 Å². The maximum atomic E-state index is 12.5. The molecule has 0 saturated heterocycles. The number of benzene rings is 2. The number of nitrogens with one attached hydrogen (secondary N) is 1. The predicted octanol–water partition coefficient (Wildman–Crippen LogP) is 4.36. The van der Waals surface area contributed by atoms with E-state index in [9.17, 15) is 9.59 Å². The molecule has 1 N–H and O–H groups in total. The van der Waals surface area contributed by atoms with E-state index < -0.39 is 12.1 Å². The molecular weight excluding hydrogens is 412 g/mol. The Morgan fingerprint density at radius 2 is 1.87 bits per heavy atom. The third-order valence-electron chi connectivity index (χ3n) is 5.15. The van der Waals surface area contributed by atoms with E-state index in [0.29, 0.717) is 11.2 Å². The highest BCUT2D eigenvalue weighted by molar-refractivity contribution is 7.98. The molecule has 8 heteroatoms. The molecule has 0 radical (unpaired) electrons. The van der Waals surface area contributed by atoms with E-state index in [2.05, 4.69) is 27.5 Å². The zero-order valence-electron chi connectivity index (χ0n) is 16.6. The number of carbonyl (C=O) groups excluding carboxylic acids is 2. The molecule has 4 aromatic rings. The van der Waals surface area contributed by atoms with Crippen LogP contribution in [0.3, 0.4) is 0 Å². The lowest BCUT2D eigenvalue weighted by Crippen LogP contribution is -2.16. The number of fused-ring (bicyclic) bond motifs is 2. The van der Waals surface area contributed by atoms with E-state index >= 15 is 0 Å². The molecular formula is C23H18N4O3S. The van der Waals surface area contributed by atoms with Gasteiger partial charge in [-0.25, -0.2) is 9.31 Å². The normalized spacial score (nSPS) is 15.0. The quantitative estimate of drug-likeness (QED) is 0.374. The minimum Gasteiger partial charge on any atom is -0.453 e. The van der Waals surface area contributed by atoms with Crippen molar-refractivity contribution in [2.45, 2.75) is 17.4 Å². The summed E-state index contributed by atoms with van der Waals surface area (Å²) < 4.78 is 6.98. The largest absolute Gasteiger partial charge is 0.453 e. The van der Waals surface area contributed by atoms with Crippen LogP contribution in [0.5, 0.6) is 0 Å². The van der Waals surface area contributed by atoms with Crippen LogP contribution in [0.25, 0.3) is 16.8 Å². The fraction of sp³-hybridized carbons (Fsp3) is 0.130. The summed E-state index contributed by atoms with van der Waals surface area (Å²) in [5, 5.41) is 7.10. The van der Waals surface area contributed by atoms with Gasteiger partial charge in [0.25, 0.3) is 0 Å². The minimum absolute atomic E-state index is 0.00462. The van der Waals surface area contributed by atoms with Crippen molar-refractivity contribution in [1.82, 2.24) is 14.6 Å². The van der Waals surface area contributed by atoms with E-state index in [1.165, 1.54) is 4.90 Å². The van der Waals surface area contributed by atoms with Gasteiger partial charge in [-0.15, -0.1) is 16.9 Å². The SMILES string of the molecule is CSc1ccccc1-c1ccc2nc(NC(=O)C[C@H]3OC(=O)c4ccccc43)nn2c1. The van der Waals surface area contributed by atoms with Crippen LogP contribution in [0.2, 0.25) is 0 Å². The van der Waals surface area contributed by atoms with Crippen molar-refractivity contribution in [3.05, 3.63) is 78.0 Å². The van der Waals surface area contributed by atoms with Gasteiger partial charge in [0.1, 0.15) is 6.10 Å². The minimum atomic E-state index is -0.602. The third kappa shape index (κ3) is 3.66. The van der Waals surface area contributed by atoms with E-state index in [-0.39, 0.29) is 18.3 Å². The van der Waals surface area contributed by atoms with Crippen molar-refractivity contribution in [3.8, 4) is 11.1 Å². The number of rotatable bonds is 5. The van der Waals surface area contributed by atoms with Gasteiger partial charge < -0.3 is 4.74 Å². The van der Waals surface area contributed by atoms with Gasteiger partial charge in [0.05, 0.1) is 12.0 Å². The summed E-state index contributed by atoms with van der Waals surface area (Å²) in [7, 11) is 0. The number of thioether (sulfide) groups is 1. The molecule has 7 nitrogen and oxygen atoms in total. The molecule has 0 bridgehead atoms. The predicted molar refractivity (Wildman–Crippen MR) is 118 cm³/mol. The summed E-state index contributed by atoms with van der Waals surface area (Å²) >= 11 is 1.68. The van der Waals surface area contributed by atoms with E-state index in [4.69, 9.17) is 4.74 Å². The summed E-state index contributed by atoms with van der Waals surface area (Å²) in [6, 6.07) is 19.1. The average Bonchev–Trinajstić information content (AvgIpc) is 3.33. The Kier molecular flexibility index (Phi) is 4.91. The second-order valence-electron chi connectivity index (χ2n) is 7.09. The molecule has 3 heterocycles. The molecule has 0 aliphatic carbocycles. The van der Waals surface area contributed by atoms with Crippen LogP contribution in [-0.2, 0) is 9.53 Å². The van der Waals surface area contributed by atoms with Crippen LogP contribution in [-0.4, -0.2) is 32.7 Å². The number of carbonyl (C=O) groups is 2. The van der Waals surface area contributed by atoms with Crippen molar-refractivity contribution < 1.29 is 14.3 Å². The Balaban J connectivity index is 1.34. The van der Waals surface area contributed by atoms with Crippen molar-refractivity contribution in [3.63, 3.8) is 0 Å². The summed E-state index contributed by atoms with van der Waals surface area (Å²) in [6.45, 7) is 0. The summed E-state index contributed by atoms with van der Waals surface area (Å²) in [5.74, 6) is -0.520. The van der Waals surface area contributed by atoms with Crippen molar-refractivity contribution in [2.75, 3.05) is 11.6 Å². The second kappa shape index (κ2) is 7.88. The Hall–Kier alpha value is -3.65. The average molecular weight is 430 g/mol. The van der Waals surface area contributed by atoms with Crippen molar-refractivity contribution in [2.24, 2.45) is 0 Å². The summed E-state index contributed by atoms with van der Waals surface area (Å²) in [5.41, 5.74) is 3.97. The van der Waals surface area contributed by atoms with Gasteiger partial charge in [-0.1, -0.05) is 36.4 Å². The van der Waals surface area contributed by atoms with Crippen LogP contribution < -0.4 is 5.32 Å². The number of amides is 1. The molecule has 0 spiro atoms. The zero-order valence-corrected chi connectivity index (χ0v) is 17.4. The van der Waals surface area contributed by atoms with E-state index in [1.54, 1.807) is 34.5 Å². The molecule has 1 aliphatic rings. The molecule has 1 aliphatic heterocycles. The number of ether oxygens (including phenoxy) is 1. The molecule has 2 aromatic carbocycles. The first-order valence-electron chi connectivity index (χ1n) is 9.72. The Labute approximate surface area is 182 Å². The maximum absolute atomic E-state index is 12.5. The van der Waals surface area contributed by atoms with Gasteiger partial charge in [-0.3, -0.25) is 10.1 Å². The van der Waals surface area contributed by atoms with Crippen molar-refractivity contribution >= 4 is 35.2 Å². The molecule has 0 unspecified atom stereocenters. The highest BCUT2D eigenvalue weighted by atomic mass is 32.2. The van der Waals surface area contributed by atoms with Gasteiger partial charge in [0, 0.05) is 22.2 Å². The molecule has 1 atom stereocenters. The summed E-state index contributed by atoms with van der Waals surface area (Å²) in [6.07, 6.45) is 3.34. The molecule has 0 saturated carbocycles. The zero-order chi connectivity index (χ0) is 21.4. The van der Waals surface area contributed by atoms with Gasteiger partial charge in [-0.05, 0) is 36.1 Å². The molecule has 0 fully saturated rings. The Morgan fingerprint density at radius 1 is 1.10 bits per heavy atom. The van der Waals surface area contributed by atoms with Gasteiger partial charge in [-0.2, -0.15) is 4.98 Å². The lowest BCUT2D eigenvalue weighted by Gasteiger charge is -2.09. The van der Waals surface area contributed by atoms with Crippen LogP contribution >= 0.6 is 11.8 Å². The fourth-order valence-corrected chi connectivity index (χ4v) is 4.31. The van der Waals surface area contributed by atoms with Crippen molar-refractivity contribution in [1.29, 1.82) is 0 Å². The van der Waals surface area contributed by atoms with E-state index in [1.807, 2.05) is 42.8 Å². The molecule has 1 amide bonds. The number of anilines is 1. The molecule has 31 heavy (non-hydrogen) atoms. The number of aromatic nitrogens is 3. The Morgan fingerprint density at radius 3 is 2.71 bits per heavy atom. The second-order valence-corrected chi connectivity index (χ2v) is 7.94. The number of hydrogen-bond donors (Lipinski definition) is 1. The number of hydrogen-bond acceptors (Lipinski definition) is 6. The smallest absolute Gasteiger partial charge is 0.339 e. The Bertz CT molecular complexity index is 1320. The van der Waals surface area contributed by atoms with Crippen LogP contribution in [0.4, 0.5) is 5.95 Å². The van der Waals surface area contributed by atoms with Gasteiger partial charge >= 0.3 is 5.97 Å². The maximum Gasteiger partial charge on any atom is 0.339 e. The number of nitrogens with zero attached hydrogens (tertiary/aromatic N) is 3. The third-order valence-corrected chi connectivity index (χ3v) is 5.94. The molecule has 5 rings (SSSR count). The fourth-order valence-electron chi connectivity index (χ4n) is 3.69. The number of esters is 1. The topological polar surface area (TPSA) is 85.6 Å². The monoisotopic (exact) mass is 430 g/mol. The number of cyclic esters (lactones) is 1. The first-order chi connectivity index (χ1) is 15.1. The highest BCUT2D eigenvalue weighted by Gasteiger charge is 2.32. The number of pyridine rings is 1. The van der Waals surface area contributed by atoms with Gasteiger partial charge in [0.2, 0.25) is 11.9 Å². The first-order valence-corrected chi connectivity index (χ1v) is 10.9. The first kappa shape index (κ1) is 19.3. The van der Waals surface area contributed by atoms with E-state index in [0.717, 1.165) is 16.7 Å². The highest BCUT2D eigenvalue weighted by Crippen LogP contribution is 2.33. The molecule has 154 valence electrons.